The lowest BCUT2D eigenvalue weighted by Gasteiger charge is -2.25. The minimum Gasteiger partial charge on any atom is -0.212 e. The van der Waals surface area contributed by atoms with Gasteiger partial charge in [-0.05, 0) is 19.3 Å². The maximum absolute atomic E-state index is 11.8. The van der Waals surface area contributed by atoms with Crippen LogP contribution in [0.4, 0.5) is 0 Å². The van der Waals surface area contributed by atoms with Crippen LogP contribution in [0.2, 0.25) is 0 Å². The first-order valence-corrected chi connectivity index (χ1v) is 7.25. The van der Waals surface area contributed by atoms with Gasteiger partial charge in [0.1, 0.15) is 0 Å². The first-order valence-electron chi connectivity index (χ1n) is 5.64. The summed E-state index contributed by atoms with van der Waals surface area (Å²) >= 11 is 0. The molecule has 0 aliphatic carbocycles. The summed E-state index contributed by atoms with van der Waals surface area (Å²) in [6, 6.07) is 0. The van der Waals surface area contributed by atoms with Gasteiger partial charge >= 0.3 is 0 Å². The number of rotatable bonds is 5. The van der Waals surface area contributed by atoms with E-state index in [1.54, 1.807) is 4.31 Å². The topological polar surface area (TPSA) is 37.4 Å². The van der Waals surface area contributed by atoms with Crippen molar-refractivity contribution in [3.8, 4) is 0 Å². The highest BCUT2D eigenvalue weighted by Crippen LogP contribution is 2.14. The average molecular weight is 219 g/mol. The molecule has 0 saturated carbocycles. The molecule has 1 aliphatic heterocycles. The van der Waals surface area contributed by atoms with Crippen molar-refractivity contribution in [1.82, 2.24) is 4.31 Å². The van der Waals surface area contributed by atoms with Gasteiger partial charge in [0.15, 0.2) is 0 Å². The fraction of sp³-hybridized carbons (Fsp3) is 1.00. The second-order valence-electron chi connectivity index (χ2n) is 3.98. The Kier molecular flexibility index (Phi) is 4.89. The van der Waals surface area contributed by atoms with Crippen molar-refractivity contribution in [2.24, 2.45) is 0 Å². The molecule has 1 fully saturated rings. The molecule has 0 bridgehead atoms. The van der Waals surface area contributed by atoms with Gasteiger partial charge in [-0.15, -0.1) is 0 Å². The average Bonchev–Trinajstić information content (AvgIpc) is 2.19. The standard InChI is InChI=1S/C10H21NO2S/c1-2-3-7-10-14(12,13)11-8-5-4-6-9-11/h2-10H2,1H3. The smallest absolute Gasteiger partial charge is 0.212 e. The van der Waals surface area contributed by atoms with Crippen LogP contribution in [0.15, 0.2) is 0 Å². The Morgan fingerprint density at radius 2 is 1.71 bits per heavy atom. The molecular weight excluding hydrogens is 198 g/mol. The van der Waals surface area contributed by atoms with Crippen molar-refractivity contribution in [3.05, 3.63) is 0 Å². The Hall–Kier alpha value is -0.0900. The number of hydrogen-bond acceptors (Lipinski definition) is 2. The lowest BCUT2D eigenvalue weighted by molar-refractivity contribution is 0.346. The van der Waals surface area contributed by atoms with E-state index in [1.807, 2.05) is 0 Å². The molecule has 0 spiro atoms. The minimum atomic E-state index is -2.92. The maximum Gasteiger partial charge on any atom is 0.214 e. The molecule has 0 atom stereocenters. The molecule has 0 amide bonds. The largest absolute Gasteiger partial charge is 0.214 e. The third kappa shape index (κ3) is 3.58. The number of unbranched alkanes of at least 4 members (excludes halogenated alkanes) is 2. The van der Waals surface area contributed by atoms with Gasteiger partial charge in [0.05, 0.1) is 5.75 Å². The Morgan fingerprint density at radius 3 is 2.29 bits per heavy atom. The van der Waals surface area contributed by atoms with Crippen molar-refractivity contribution < 1.29 is 8.42 Å². The third-order valence-corrected chi connectivity index (χ3v) is 4.67. The lowest BCUT2D eigenvalue weighted by Crippen LogP contribution is -2.37. The van der Waals surface area contributed by atoms with Gasteiger partial charge in [0.2, 0.25) is 10.0 Å². The molecule has 3 nitrogen and oxygen atoms in total. The zero-order valence-corrected chi connectivity index (χ0v) is 9.85. The molecule has 1 rings (SSSR count). The highest BCUT2D eigenvalue weighted by molar-refractivity contribution is 7.89. The lowest BCUT2D eigenvalue weighted by atomic mass is 10.2. The van der Waals surface area contributed by atoms with Gasteiger partial charge in [0.25, 0.3) is 0 Å². The van der Waals surface area contributed by atoms with Crippen LogP contribution in [-0.4, -0.2) is 31.6 Å². The molecule has 0 unspecified atom stereocenters. The fourth-order valence-corrected chi connectivity index (χ4v) is 3.45. The first-order chi connectivity index (χ1) is 6.67. The van der Waals surface area contributed by atoms with Gasteiger partial charge in [-0.25, -0.2) is 12.7 Å². The Bertz CT molecular complexity index is 243. The Labute approximate surface area is 87.5 Å². The highest BCUT2D eigenvalue weighted by Gasteiger charge is 2.22. The van der Waals surface area contributed by atoms with Crippen LogP contribution in [0.5, 0.6) is 0 Å². The number of sulfonamides is 1. The molecule has 0 aromatic rings. The van der Waals surface area contributed by atoms with Crippen molar-refractivity contribution in [3.63, 3.8) is 0 Å². The Balaban J connectivity index is 2.38. The molecular formula is C10H21NO2S. The molecule has 84 valence electrons. The first kappa shape index (κ1) is 12.0. The summed E-state index contributed by atoms with van der Waals surface area (Å²) < 4.78 is 25.2. The zero-order valence-electron chi connectivity index (χ0n) is 9.04. The van der Waals surface area contributed by atoms with E-state index < -0.39 is 10.0 Å². The predicted molar refractivity (Wildman–Crippen MR) is 58.7 cm³/mol. The third-order valence-electron chi connectivity index (χ3n) is 2.71. The maximum atomic E-state index is 11.8. The van der Waals surface area contributed by atoms with E-state index in [9.17, 15) is 8.42 Å². The minimum absolute atomic E-state index is 0.348. The molecule has 1 aliphatic rings. The van der Waals surface area contributed by atoms with Gasteiger partial charge in [0, 0.05) is 13.1 Å². The molecule has 0 radical (unpaired) electrons. The molecule has 1 heterocycles. The second kappa shape index (κ2) is 5.71. The van der Waals surface area contributed by atoms with Crippen molar-refractivity contribution in [1.29, 1.82) is 0 Å². The Morgan fingerprint density at radius 1 is 1.07 bits per heavy atom. The summed E-state index contributed by atoms with van der Waals surface area (Å²) in [5.41, 5.74) is 0. The molecule has 0 aromatic heterocycles. The predicted octanol–water partition coefficient (Wildman–Crippen LogP) is 1.99. The summed E-state index contributed by atoms with van der Waals surface area (Å²) in [5, 5.41) is 0. The normalized spacial score (nSPS) is 19.8. The summed E-state index contributed by atoms with van der Waals surface area (Å²) in [6.45, 7) is 3.58. The van der Waals surface area contributed by atoms with Crippen LogP contribution in [0, 0.1) is 0 Å². The van der Waals surface area contributed by atoms with Crippen LogP contribution in [0.3, 0.4) is 0 Å². The van der Waals surface area contributed by atoms with Crippen molar-refractivity contribution in [2.75, 3.05) is 18.8 Å². The molecule has 0 aromatic carbocycles. The summed E-state index contributed by atoms with van der Waals surface area (Å²) in [4.78, 5) is 0. The molecule has 14 heavy (non-hydrogen) atoms. The monoisotopic (exact) mass is 219 g/mol. The SMILES string of the molecule is CCCCCS(=O)(=O)N1CCCCC1. The van der Waals surface area contributed by atoms with E-state index in [0.717, 1.165) is 45.2 Å². The van der Waals surface area contributed by atoms with Crippen LogP contribution < -0.4 is 0 Å². The van der Waals surface area contributed by atoms with E-state index >= 15 is 0 Å². The van der Waals surface area contributed by atoms with Gasteiger partial charge in [-0.2, -0.15) is 0 Å². The van der Waals surface area contributed by atoms with E-state index in [4.69, 9.17) is 0 Å². The molecule has 4 heteroatoms. The second-order valence-corrected chi connectivity index (χ2v) is 6.07. The van der Waals surface area contributed by atoms with Crippen molar-refractivity contribution in [2.45, 2.75) is 45.4 Å². The fourth-order valence-electron chi connectivity index (χ4n) is 1.81. The van der Waals surface area contributed by atoms with Crippen LogP contribution >= 0.6 is 0 Å². The summed E-state index contributed by atoms with van der Waals surface area (Å²) in [7, 11) is -2.92. The van der Waals surface area contributed by atoms with Gasteiger partial charge in [-0.1, -0.05) is 26.2 Å². The molecule has 0 N–H and O–H groups in total. The van der Waals surface area contributed by atoms with Crippen molar-refractivity contribution >= 4 is 10.0 Å². The molecule has 1 saturated heterocycles. The summed E-state index contributed by atoms with van der Waals surface area (Å²) in [5.74, 6) is 0.348. The highest BCUT2D eigenvalue weighted by atomic mass is 32.2. The van der Waals surface area contributed by atoms with E-state index in [-0.39, 0.29) is 0 Å². The quantitative estimate of drug-likeness (QED) is 0.663. The van der Waals surface area contributed by atoms with Crippen LogP contribution in [-0.2, 0) is 10.0 Å². The van der Waals surface area contributed by atoms with E-state index in [0.29, 0.717) is 5.75 Å². The van der Waals surface area contributed by atoms with E-state index in [1.165, 1.54) is 6.42 Å². The van der Waals surface area contributed by atoms with Gasteiger partial charge in [-0.3, -0.25) is 0 Å². The van der Waals surface area contributed by atoms with E-state index in [2.05, 4.69) is 6.92 Å². The van der Waals surface area contributed by atoms with Gasteiger partial charge < -0.3 is 0 Å². The van der Waals surface area contributed by atoms with Crippen LogP contribution in [0.1, 0.15) is 45.4 Å². The number of hydrogen-bond donors (Lipinski definition) is 0. The number of nitrogens with zero attached hydrogens (tertiary/aromatic N) is 1. The summed E-state index contributed by atoms with van der Waals surface area (Å²) in [6.07, 6.45) is 6.17. The van der Waals surface area contributed by atoms with Crippen LogP contribution in [0.25, 0.3) is 0 Å². The number of piperidine rings is 1. The zero-order chi connectivity index (χ0) is 10.4.